The molecule has 1 unspecified atom stereocenters. The first-order valence-corrected chi connectivity index (χ1v) is 10.6. The quantitative estimate of drug-likeness (QED) is 0.737. The van der Waals surface area contributed by atoms with E-state index in [9.17, 15) is 4.79 Å². The van der Waals surface area contributed by atoms with Crippen molar-refractivity contribution in [1.82, 2.24) is 14.7 Å². The van der Waals surface area contributed by atoms with E-state index in [1.165, 1.54) is 13.0 Å². The zero-order valence-corrected chi connectivity index (χ0v) is 17.7. The number of nitrogens with zero attached hydrogens (tertiary/aromatic N) is 3. The molecule has 2 aliphatic rings. The van der Waals surface area contributed by atoms with E-state index in [2.05, 4.69) is 12.0 Å². The van der Waals surface area contributed by atoms with Gasteiger partial charge in [-0.3, -0.25) is 9.48 Å². The van der Waals surface area contributed by atoms with Gasteiger partial charge in [-0.15, -0.1) is 0 Å². The number of nitrogens with one attached hydrogen (secondary N) is 1. The SMILES string of the molecule is CC[NH+]1CCC[C@@H]1CN(Cc1nn(C)cc1Cl)C(=O)Cc1ccc2c(c1)OCO2. The molecule has 0 saturated carbocycles. The first-order valence-electron chi connectivity index (χ1n) is 10.2. The van der Waals surface area contributed by atoms with Crippen molar-refractivity contribution < 1.29 is 19.2 Å². The van der Waals surface area contributed by atoms with Gasteiger partial charge < -0.3 is 19.3 Å². The smallest absolute Gasteiger partial charge is 0.231 e. The highest BCUT2D eigenvalue weighted by Crippen LogP contribution is 2.32. The van der Waals surface area contributed by atoms with Gasteiger partial charge in [-0.25, -0.2) is 0 Å². The van der Waals surface area contributed by atoms with Crippen LogP contribution < -0.4 is 14.4 Å². The second-order valence-electron chi connectivity index (χ2n) is 7.84. The average Bonchev–Trinajstić information content (AvgIpc) is 3.41. The predicted molar refractivity (Wildman–Crippen MR) is 109 cm³/mol. The Hall–Kier alpha value is -2.25. The van der Waals surface area contributed by atoms with Crippen molar-refractivity contribution in [3.05, 3.63) is 40.7 Å². The third kappa shape index (κ3) is 4.51. The van der Waals surface area contributed by atoms with Crippen LogP contribution in [0.2, 0.25) is 5.02 Å². The molecule has 1 amide bonds. The molecule has 1 aromatic heterocycles. The van der Waals surface area contributed by atoms with E-state index in [1.807, 2.05) is 30.1 Å². The largest absolute Gasteiger partial charge is 0.454 e. The van der Waals surface area contributed by atoms with Gasteiger partial charge in [0.15, 0.2) is 11.5 Å². The summed E-state index contributed by atoms with van der Waals surface area (Å²) in [6, 6.07) is 6.15. The Balaban J connectivity index is 1.51. The minimum Gasteiger partial charge on any atom is -0.454 e. The summed E-state index contributed by atoms with van der Waals surface area (Å²) in [7, 11) is 1.84. The van der Waals surface area contributed by atoms with E-state index in [0.29, 0.717) is 29.8 Å². The molecule has 4 rings (SSSR count). The van der Waals surface area contributed by atoms with Crippen molar-refractivity contribution in [3.63, 3.8) is 0 Å². The highest BCUT2D eigenvalue weighted by atomic mass is 35.5. The van der Waals surface area contributed by atoms with Crippen molar-refractivity contribution in [2.75, 3.05) is 26.4 Å². The van der Waals surface area contributed by atoms with Crippen LogP contribution in [0.5, 0.6) is 11.5 Å². The number of ether oxygens (including phenoxy) is 2. The van der Waals surface area contributed by atoms with Gasteiger partial charge in [0.05, 0.1) is 37.6 Å². The maximum atomic E-state index is 13.3. The van der Waals surface area contributed by atoms with E-state index < -0.39 is 0 Å². The molecular weight excluding hydrogens is 392 g/mol. The first-order chi connectivity index (χ1) is 14.0. The Morgan fingerprint density at radius 2 is 2.21 bits per heavy atom. The molecule has 1 N–H and O–H groups in total. The second-order valence-corrected chi connectivity index (χ2v) is 8.24. The highest BCUT2D eigenvalue weighted by molar-refractivity contribution is 6.31. The molecule has 2 aliphatic heterocycles. The van der Waals surface area contributed by atoms with Gasteiger partial charge in [-0.1, -0.05) is 17.7 Å². The molecule has 2 aromatic rings. The second kappa shape index (κ2) is 8.63. The third-order valence-corrected chi connectivity index (χ3v) is 6.18. The van der Waals surface area contributed by atoms with E-state index in [1.54, 1.807) is 15.8 Å². The number of likely N-dealkylation sites (N-methyl/N-ethyl adjacent to an activating group) is 1. The number of carbonyl (C=O) groups excluding carboxylic acids is 1. The zero-order chi connectivity index (χ0) is 20.4. The molecule has 7 nitrogen and oxygen atoms in total. The molecule has 0 aliphatic carbocycles. The summed E-state index contributed by atoms with van der Waals surface area (Å²) >= 11 is 6.33. The normalized spacial score (nSPS) is 20.2. The van der Waals surface area contributed by atoms with E-state index in [4.69, 9.17) is 21.1 Å². The lowest BCUT2D eigenvalue weighted by atomic mass is 10.1. The number of hydrogen-bond acceptors (Lipinski definition) is 4. The Morgan fingerprint density at radius 1 is 1.38 bits per heavy atom. The maximum absolute atomic E-state index is 13.3. The number of rotatable bonds is 7. The lowest BCUT2D eigenvalue weighted by molar-refractivity contribution is -0.909. The zero-order valence-electron chi connectivity index (χ0n) is 17.0. The van der Waals surface area contributed by atoms with Crippen LogP contribution in [0.4, 0.5) is 0 Å². The molecular formula is C21H28ClN4O3+. The number of aryl methyl sites for hydroxylation is 1. The Kier molecular flexibility index (Phi) is 5.96. The van der Waals surface area contributed by atoms with Crippen molar-refractivity contribution in [3.8, 4) is 11.5 Å². The monoisotopic (exact) mass is 419 g/mol. The Bertz CT molecular complexity index is 885. The Labute approximate surface area is 176 Å². The number of amides is 1. The number of hydrogen-bond donors (Lipinski definition) is 1. The van der Waals surface area contributed by atoms with Crippen molar-refractivity contribution in [2.45, 2.75) is 38.8 Å². The summed E-state index contributed by atoms with van der Waals surface area (Å²) in [6.07, 6.45) is 4.45. The number of fused-ring (bicyclic) bond motifs is 1. The van der Waals surface area contributed by atoms with E-state index >= 15 is 0 Å². The van der Waals surface area contributed by atoms with Gasteiger partial charge in [-0.05, 0) is 24.6 Å². The van der Waals surface area contributed by atoms with Gasteiger partial charge in [0.25, 0.3) is 0 Å². The third-order valence-electron chi connectivity index (χ3n) is 5.86. The number of carbonyl (C=O) groups is 1. The summed E-state index contributed by atoms with van der Waals surface area (Å²) in [5.41, 5.74) is 1.66. The fourth-order valence-corrected chi connectivity index (χ4v) is 4.56. The van der Waals surface area contributed by atoms with E-state index in [-0.39, 0.29) is 12.7 Å². The fourth-order valence-electron chi connectivity index (χ4n) is 4.32. The molecule has 1 aromatic carbocycles. The molecule has 8 heteroatoms. The summed E-state index contributed by atoms with van der Waals surface area (Å²) in [5.74, 6) is 1.51. The topological polar surface area (TPSA) is 61.0 Å². The fraction of sp³-hybridized carbons (Fsp3) is 0.524. The molecule has 1 saturated heterocycles. The number of halogens is 1. The molecule has 2 atom stereocenters. The lowest BCUT2D eigenvalue weighted by Crippen LogP contribution is -3.14. The van der Waals surface area contributed by atoms with Gasteiger partial charge in [0.2, 0.25) is 12.7 Å². The standard InChI is InChI=1S/C21H27ClN4O3/c1-3-25-8-4-5-16(25)11-26(13-18-17(22)12-24(2)23-18)21(27)10-15-6-7-19-20(9-15)29-14-28-19/h6-7,9,12,16H,3-5,8,10-11,13-14H2,1-2H3/p+1/t16-/m1/s1. The number of quaternary nitrogens is 1. The van der Waals surface area contributed by atoms with Gasteiger partial charge in [-0.2, -0.15) is 5.10 Å². The van der Waals surface area contributed by atoms with Gasteiger partial charge >= 0.3 is 0 Å². The van der Waals surface area contributed by atoms with Crippen LogP contribution in [0, 0.1) is 0 Å². The summed E-state index contributed by atoms with van der Waals surface area (Å²) in [6.45, 7) is 5.85. The molecule has 0 spiro atoms. The molecule has 1 fully saturated rings. The maximum Gasteiger partial charge on any atom is 0.231 e. The van der Waals surface area contributed by atoms with Crippen LogP contribution in [-0.4, -0.2) is 53.1 Å². The number of aromatic nitrogens is 2. The van der Waals surface area contributed by atoms with Crippen LogP contribution >= 0.6 is 11.6 Å². The molecule has 0 radical (unpaired) electrons. The van der Waals surface area contributed by atoms with Gasteiger partial charge in [0, 0.05) is 26.1 Å². The Morgan fingerprint density at radius 3 is 2.97 bits per heavy atom. The predicted octanol–water partition coefficient (Wildman–Crippen LogP) is 1.44. The van der Waals surface area contributed by atoms with Crippen LogP contribution in [0.1, 0.15) is 31.0 Å². The van der Waals surface area contributed by atoms with Crippen LogP contribution in [0.25, 0.3) is 0 Å². The average molecular weight is 420 g/mol. The number of benzene rings is 1. The van der Waals surface area contributed by atoms with Crippen LogP contribution in [-0.2, 0) is 24.8 Å². The molecule has 156 valence electrons. The minimum atomic E-state index is 0.0768. The molecule has 3 heterocycles. The van der Waals surface area contributed by atoms with Crippen LogP contribution in [0.15, 0.2) is 24.4 Å². The molecule has 29 heavy (non-hydrogen) atoms. The van der Waals surface area contributed by atoms with Crippen molar-refractivity contribution in [2.24, 2.45) is 7.05 Å². The summed E-state index contributed by atoms with van der Waals surface area (Å²) in [5, 5.41) is 5.04. The summed E-state index contributed by atoms with van der Waals surface area (Å²) in [4.78, 5) is 16.8. The highest BCUT2D eigenvalue weighted by Gasteiger charge is 2.31. The van der Waals surface area contributed by atoms with Crippen molar-refractivity contribution in [1.29, 1.82) is 0 Å². The van der Waals surface area contributed by atoms with E-state index in [0.717, 1.165) is 36.5 Å². The number of likely N-dealkylation sites (tertiary alicyclic amines) is 1. The first kappa shape index (κ1) is 20.0. The van der Waals surface area contributed by atoms with Crippen molar-refractivity contribution >= 4 is 17.5 Å². The van der Waals surface area contributed by atoms with Gasteiger partial charge in [0.1, 0.15) is 11.7 Å². The molecule has 0 bridgehead atoms. The lowest BCUT2D eigenvalue weighted by Gasteiger charge is -2.28. The summed E-state index contributed by atoms with van der Waals surface area (Å²) < 4.78 is 12.5. The van der Waals surface area contributed by atoms with Crippen LogP contribution in [0.3, 0.4) is 0 Å². The minimum absolute atomic E-state index is 0.0768.